The van der Waals surface area contributed by atoms with Gasteiger partial charge in [0.2, 0.25) is 6.41 Å². The maximum atomic E-state index is 13.9. The van der Waals surface area contributed by atoms with Crippen LogP contribution < -0.4 is 23.8 Å². The van der Waals surface area contributed by atoms with Gasteiger partial charge in [0.05, 0.1) is 68.6 Å². The van der Waals surface area contributed by atoms with Crippen LogP contribution in [0.4, 0.5) is 11.4 Å². The number of carbonyl (C=O) groups is 2. The number of methoxy groups -OCH3 is 2. The van der Waals surface area contributed by atoms with Crippen LogP contribution in [-0.2, 0) is 4.74 Å². The second-order valence-corrected chi connectivity index (χ2v) is 15.8. The average Bonchev–Trinajstić information content (AvgIpc) is 3.65. The molecule has 52 heavy (non-hydrogen) atoms. The average molecular weight is 737 g/mol. The molecule has 2 saturated heterocycles. The lowest BCUT2D eigenvalue weighted by Crippen LogP contribution is -2.53. The molecule has 2 amide bonds. The number of aliphatic imine (C=N–C) groups is 1. The molecule has 6 rings (SSSR count). The third kappa shape index (κ3) is 7.61. The molecule has 5 atom stereocenters. The Kier molecular flexibility index (Phi) is 11.4. The highest BCUT2D eigenvalue weighted by Crippen LogP contribution is 2.43. The zero-order chi connectivity index (χ0) is 37.3. The topological polar surface area (TPSA) is 143 Å². The van der Waals surface area contributed by atoms with Gasteiger partial charge in [-0.1, -0.05) is 45.1 Å². The molecule has 2 N–H and O–H groups in total. The first-order chi connectivity index (χ1) is 24.9. The molecule has 14 heteroatoms. The third-order valence-electron chi connectivity index (χ3n) is 9.45. The third-order valence-corrected chi connectivity index (χ3v) is 10.6. The van der Waals surface area contributed by atoms with Crippen LogP contribution in [0.3, 0.4) is 0 Å². The first-order valence-electron chi connectivity index (χ1n) is 17.5. The largest absolute Gasteiger partial charge is 0.493 e. The number of benzene rings is 2. The summed E-state index contributed by atoms with van der Waals surface area (Å²) in [6.07, 6.45) is 0.471. The van der Waals surface area contributed by atoms with E-state index in [1.165, 1.54) is 19.1 Å². The number of ether oxygens (including phenoxy) is 5. The first kappa shape index (κ1) is 37.5. The van der Waals surface area contributed by atoms with Crippen molar-refractivity contribution < 1.29 is 43.5 Å². The molecule has 3 unspecified atom stereocenters. The van der Waals surface area contributed by atoms with E-state index in [4.69, 9.17) is 23.7 Å². The smallest absolute Gasteiger partial charge is 0.257 e. The Bertz CT molecular complexity index is 1750. The molecule has 2 fully saturated rings. The molecule has 13 nitrogen and oxygen atoms in total. The van der Waals surface area contributed by atoms with E-state index in [1.54, 1.807) is 52.0 Å². The van der Waals surface area contributed by atoms with Gasteiger partial charge in [0.1, 0.15) is 0 Å². The Morgan fingerprint density at radius 3 is 2.17 bits per heavy atom. The quantitative estimate of drug-likeness (QED) is 0.157. The summed E-state index contributed by atoms with van der Waals surface area (Å²) in [6, 6.07) is 5.78. The lowest BCUT2D eigenvalue weighted by atomic mass is 10.1. The monoisotopic (exact) mass is 736 g/mol. The number of aliphatic hydroxyl groups is 2. The fourth-order valence-corrected chi connectivity index (χ4v) is 8.18. The zero-order valence-corrected chi connectivity index (χ0v) is 31.2. The molecule has 2 aromatic carbocycles. The van der Waals surface area contributed by atoms with Crippen LogP contribution in [0.5, 0.6) is 23.0 Å². The molecular formula is C38H48N4O9S. The number of aliphatic hydroxyl groups excluding tert-OH is 2. The van der Waals surface area contributed by atoms with Gasteiger partial charge in [-0.05, 0) is 30.2 Å². The zero-order valence-electron chi connectivity index (χ0n) is 30.4. The second-order valence-electron chi connectivity index (χ2n) is 13.8. The van der Waals surface area contributed by atoms with E-state index < -0.39 is 18.7 Å². The summed E-state index contributed by atoms with van der Waals surface area (Å²) >= 11 is 1.71. The van der Waals surface area contributed by atoms with Crippen molar-refractivity contribution in [2.24, 2.45) is 4.99 Å². The van der Waals surface area contributed by atoms with Crippen LogP contribution in [-0.4, -0.2) is 120 Å². The lowest BCUT2D eigenvalue weighted by molar-refractivity contribution is -0.120. The molecular weight excluding hydrogens is 689 g/mol. The van der Waals surface area contributed by atoms with Crippen molar-refractivity contribution in [3.8, 4) is 23.0 Å². The fraction of sp³-hybridized carbons (Fsp3) is 0.500. The fourth-order valence-electron chi connectivity index (χ4n) is 7.09. The van der Waals surface area contributed by atoms with Crippen LogP contribution in [0.25, 0.3) is 0 Å². The van der Waals surface area contributed by atoms with Crippen LogP contribution in [0.2, 0.25) is 0 Å². The predicted octanol–water partition coefficient (Wildman–Crippen LogP) is 4.77. The molecule has 4 aliphatic rings. The number of rotatable bonds is 14. The molecule has 0 radical (unpaired) electrons. The predicted molar refractivity (Wildman–Crippen MR) is 200 cm³/mol. The van der Waals surface area contributed by atoms with Gasteiger partial charge in [0, 0.05) is 43.1 Å². The lowest BCUT2D eigenvalue weighted by Gasteiger charge is -2.36. The highest BCUT2D eigenvalue weighted by molar-refractivity contribution is 8.00. The Morgan fingerprint density at radius 2 is 1.50 bits per heavy atom. The van der Waals surface area contributed by atoms with E-state index in [0.717, 1.165) is 11.1 Å². The molecule has 0 saturated carbocycles. The van der Waals surface area contributed by atoms with Crippen molar-refractivity contribution >= 4 is 41.2 Å². The van der Waals surface area contributed by atoms with Crippen molar-refractivity contribution in [3.05, 3.63) is 59.7 Å². The van der Waals surface area contributed by atoms with Gasteiger partial charge < -0.3 is 43.7 Å². The highest BCUT2D eigenvalue weighted by Gasteiger charge is 2.46. The van der Waals surface area contributed by atoms with Crippen LogP contribution >= 0.6 is 11.8 Å². The van der Waals surface area contributed by atoms with Crippen LogP contribution in [0.15, 0.2) is 53.6 Å². The van der Waals surface area contributed by atoms with E-state index in [9.17, 15) is 19.8 Å². The van der Waals surface area contributed by atoms with Crippen molar-refractivity contribution in [2.45, 2.75) is 75.3 Å². The minimum Gasteiger partial charge on any atom is -0.493 e. The number of carbonyl (C=O) groups excluding carboxylic acids is 2. The summed E-state index contributed by atoms with van der Waals surface area (Å²) in [5.74, 6) is 1.05. The van der Waals surface area contributed by atoms with E-state index in [-0.39, 0.29) is 54.2 Å². The first-order valence-corrected chi connectivity index (χ1v) is 18.4. The van der Waals surface area contributed by atoms with Gasteiger partial charge in [-0.3, -0.25) is 19.5 Å². The molecule has 2 aromatic rings. The summed E-state index contributed by atoms with van der Waals surface area (Å²) in [4.78, 5) is 36.5. The molecule has 4 heterocycles. The van der Waals surface area contributed by atoms with Crippen molar-refractivity contribution in [2.75, 3.05) is 52.0 Å². The number of hydrogen-bond acceptors (Lipinski definition) is 12. The SMILES string of the molecule is C=C1C[C@H]2C=Nc3cc(OCCCOc4cc5c(cc4OC)C(=O)N4CC(=C)C[C@H]4C(O)N5C(O)OCC(C)SC(C)C)c(OC)cc3C(=O)N2C1. The summed E-state index contributed by atoms with van der Waals surface area (Å²) in [5.41, 5.74) is 3.25. The number of fused-ring (bicyclic) bond motifs is 4. The Balaban J connectivity index is 1.17. The molecule has 0 bridgehead atoms. The van der Waals surface area contributed by atoms with Crippen LogP contribution in [0, 0.1) is 0 Å². The Labute approximate surface area is 308 Å². The Morgan fingerprint density at radius 1 is 0.885 bits per heavy atom. The molecule has 0 spiro atoms. The van der Waals surface area contributed by atoms with Gasteiger partial charge in [0.15, 0.2) is 29.2 Å². The molecule has 0 aliphatic carbocycles. The van der Waals surface area contributed by atoms with Crippen LogP contribution in [0.1, 0.15) is 60.7 Å². The maximum absolute atomic E-state index is 13.9. The summed E-state index contributed by atoms with van der Waals surface area (Å²) in [7, 11) is 3.00. The van der Waals surface area contributed by atoms with Gasteiger partial charge in [-0.15, -0.1) is 0 Å². The highest BCUT2D eigenvalue weighted by atomic mass is 32.2. The standard InChI is InChI=1S/C38H48N4O9S/c1-21(2)52-24(5)20-51-38(46)42-29-16-34(32(48-7)14-27(29)36(44)41-19-23(4)12-30(41)37(42)45)50-10-8-9-49-33-15-28-26(13-31(33)47-6)35(43)40-18-22(3)11-25(40)17-39-28/h13-17,21,24-25,30,37-38,45-46H,3-4,8-12,18-20H2,1-2,5-7H3/t24?,25-,30-,37?,38?/m0/s1. The molecule has 0 aromatic heterocycles. The number of nitrogens with zero attached hydrogens (tertiary/aromatic N) is 4. The summed E-state index contributed by atoms with van der Waals surface area (Å²) in [5, 5.41) is 23.5. The van der Waals surface area contributed by atoms with Crippen molar-refractivity contribution in [3.63, 3.8) is 0 Å². The number of hydrogen-bond donors (Lipinski definition) is 2. The number of thioether (sulfide) groups is 1. The summed E-state index contributed by atoms with van der Waals surface area (Å²) in [6.45, 7) is 15.7. The second kappa shape index (κ2) is 15.8. The van der Waals surface area contributed by atoms with E-state index >= 15 is 0 Å². The number of anilines is 1. The normalized spacial score (nSPS) is 22.1. The van der Waals surface area contributed by atoms with Crippen molar-refractivity contribution in [1.82, 2.24) is 9.80 Å². The van der Waals surface area contributed by atoms with Gasteiger partial charge in [0.25, 0.3) is 11.8 Å². The van der Waals surface area contributed by atoms with Gasteiger partial charge >= 0.3 is 0 Å². The summed E-state index contributed by atoms with van der Waals surface area (Å²) < 4.78 is 29.4. The van der Waals surface area contributed by atoms with E-state index in [1.807, 2.05) is 6.92 Å². The van der Waals surface area contributed by atoms with E-state index in [2.05, 4.69) is 32.0 Å². The number of amides is 2. The van der Waals surface area contributed by atoms with Crippen molar-refractivity contribution in [1.29, 1.82) is 0 Å². The Hall–Kier alpha value is -4.24. The van der Waals surface area contributed by atoms with E-state index in [0.29, 0.717) is 71.9 Å². The van der Waals surface area contributed by atoms with Gasteiger partial charge in [-0.2, -0.15) is 11.8 Å². The molecule has 280 valence electrons. The maximum Gasteiger partial charge on any atom is 0.257 e. The minimum atomic E-state index is -1.55. The van der Waals surface area contributed by atoms with Gasteiger partial charge in [-0.25, -0.2) is 0 Å². The molecule has 4 aliphatic heterocycles. The minimum absolute atomic E-state index is 0.0826.